The molecule has 0 aliphatic carbocycles. The lowest BCUT2D eigenvalue weighted by Gasteiger charge is -2.23. The summed E-state index contributed by atoms with van der Waals surface area (Å²) in [6.45, 7) is 3.58. The van der Waals surface area contributed by atoms with Gasteiger partial charge in [0.2, 0.25) is 10.0 Å². The van der Waals surface area contributed by atoms with Crippen LogP contribution in [0.3, 0.4) is 0 Å². The molecule has 104 valence electrons. The molecule has 1 aromatic rings. The van der Waals surface area contributed by atoms with Crippen molar-refractivity contribution in [2.45, 2.75) is 30.0 Å². The molecule has 0 amide bonds. The molecular formula is C10H16BrClN2O2S2. The van der Waals surface area contributed by atoms with E-state index in [9.17, 15) is 8.42 Å². The smallest absolute Gasteiger partial charge is 0.250 e. The normalized spacial score (nSPS) is 20.4. The zero-order valence-corrected chi connectivity index (χ0v) is 13.9. The molecule has 2 N–H and O–H groups in total. The minimum absolute atomic E-state index is 0. The second-order valence-corrected chi connectivity index (χ2v) is 8.50. The molecule has 1 saturated heterocycles. The summed E-state index contributed by atoms with van der Waals surface area (Å²) in [7, 11) is -3.36. The summed E-state index contributed by atoms with van der Waals surface area (Å²) in [6, 6.07) is 1.71. The third-order valence-electron chi connectivity index (χ3n) is 2.72. The van der Waals surface area contributed by atoms with Crippen LogP contribution in [0.2, 0.25) is 0 Å². The highest BCUT2D eigenvalue weighted by atomic mass is 79.9. The predicted molar refractivity (Wildman–Crippen MR) is 80.2 cm³/mol. The van der Waals surface area contributed by atoms with Crippen LogP contribution in [0, 0.1) is 6.92 Å². The summed E-state index contributed by atoms with van der Waals surface area (Å²) < 4.78 is 28.2. The van der Waals surface area contributed by atoms with E-state index in [-0.39, 0.29) is 18.4 Å². The number of hydrogen-bond donors (Lipinski definition) is 2. The van der Waals surface area contributed by atoms with E-state index in [1.54, 1.807) is 6.07 Å². The minimum atomic E-state index is -3.36. The first-order valence-corrected chi connectivity index (χ1v) is 8.57. The van der Waals surface area contributed by atoms with E-state index in [0.29, 0.717) is 10.8 Å². The Labute approximate surface area is 126 Å². The third kappa shape index (κ3) is 3.91. The van der Waals surface area contributed by atoms with Gasteiger partial charge in [-0.1, -0.05) is 0 Å². The van der Waals surface area contributed by atoms with Crippen molar-refractivity contribution < 1.29 is 8.42 Å². The van der Waals surface area contributed by atoms with Crippen molar-refractivity contribution in [2.24, 2.45) is 0 Å². The third-order valence-corrected chi connectivity index (χ3v) is 6.85. The number of aryl methyl sites for hydroxylation is 1. The fourth-order valence-electron chi connectivity index (χ4n) is 1.79. The molecule has 0 radical (unpaired) electrons. The van der Waals surface area contributed by atoms with Crippen LogP contribution in [0.1, 0.15) is 18.4 Å². The number of thiophene rings is 1. The first-order valence-electron chi connectivity index (χ1n) is 5.48. The second kappa shape index (κ2) is 6.67. The lowest BCUT2D eigenvalue weighted by Crippen LogP contribution is -2.45. The summed E-state index contributed by atoms with van der Waals surface area (Å²) in [5.41, 5.74) is 0.956. The topological polar surface area (TPSA) is 58.2 Å². The van der Waals surface area contributed by atoms with Gasteiger partial charge in [0.25, 0.3) is 0 Å². The van der Waals surface area contributed by atoms with E-state index >= 15 is 0 Å². The van der Waals surface area contributed by atoms with Gasteiger partial charge >= 0.3 is 0 Å². The van der Waals surface area contributed by atoms with Crippen LogP contribution >= 0.6 is 39.7 Å². The Kier molecular flexibility index (Phi) is 6.08. The zero-order chi connectivity index (χ0) is 12.5. The van der Waals surface area contributed by atoms with Gasteiger partial charge in [-0.05, 0) is 53.9 Å². The maximum Gasteiger partial charge on any atom is 0.250 e. The highest BCUT2D eigenvalue weighted by Gasteiger charge is 2.23. The van der Waals surface area contributed by atoms with Crippen molar-refractivity contribution in [3.8, 4) is 0 Å². The maximum atomic E-state index is 12.1. The summed E-state index contributed by atoms with van der Waals surface area (Å²) in [6.07, 6.45) is 1.91. The lowest BCUT2D eigenvalue weighted by molar-refractivity contribution is 0.429. The largest absolute Gasteiger partial charge is 0.315 e. The van der Waals surface area contributed by atoms with E-state index in [4.69, 9.17) is 0 Å². The van der Waals surface area contributed by atoms with E-state index in [2.05, 4.69) is 26.0 Å². The van der Waals surface area contributed by atoms with Crippen LogP contribution in [0.5, 0.6) is 0 Å². The van der Waals surface area contributed by atoms with Gasteiger partial charge in [0.05, 0.1) is 3.79 Å². The van der Waals surface area contributed by atoms with E-state index in [1.165, 1.54) is 11.3 Å². The molecule has 8 heteroatoms. The molecule has 18 heavy (non-hydrogen) atoms. The quantitative estimate of drug-likeness (QED) is 0.852. The Hall–Kier alpha value is 0.340. The fraction of sp³-hybridized carbons (Fsp3) is 0.600. The SMILES string of the molecule is Cc1cc(S(=O)(=O)N[C@@H]2CCCNC2)sc1Br.Cl. The van der Waals surface area contributed by atoms with Gasteiger partial charge in [-0.3, -0.25) is 0 Å². The number of rotatable bonds is 3. The van der Waals surface area contributed by atoms with Gasteiger partial charge in [0.15, 0.2) is 0 Å². The summed E-state index contributed by atoms with van der Waals surface area (Å²) in [4.78, 5) is 0. The van der Waals surface area contributed by atoms with Crippen molar-refractivity contribution in [2.75, 3.05) is 13.1 Å². The summed E-state index contributed by atoms with van der Waals surface area (Å²) in [5, 5.41) is 3.19. The molecular weight excluding hydrogens is 360 g/mol. The molecule has 4 nitrogen and oxygen atoms in total. The predicted octanol–water partition coefficient (Wildman–Crippen LogP) is 2.27. The minimum Gasteiger partial charge on any atom is -0.315 e. The van der Waals surface area contributed by atoms with Gasteiger partial charge in [-0.2, -0.15) is 0 Å². The maximum absolute atomic E-state index is 12.1. The van der Waals surface area contributed by atoms with Crippen LogP contribution in [-0.2, 0) is 10.0 Å². The molecule has 1 fully saturated rings. The molecule has 0 aromatic carbocycles. The first kappa shape index (κ1) is 16.4. The number of sulfonamides is 1. The molecule has 0 saturated carbocycles. The molecule has 1 aliphatic rings. The second-order valence-electron chi connectivity index (χ2n) is 4.19. The Morgan fingerprint density at radius 3 is 2.78 bits per heavy atom. The highest BCUT2D eigenvalue weighted by Crippen LogP contribution is 2.30. The standard InChI is InChI=1S/C10H15BrN2O2S2.ClH/c1-7-5-9(16-10(7)11)17(14,15)13-8-3-2-4-12-6-8;/h5,8,12-13H,2-4,6H2,1H3;1H/t8-;/m1./s1. The van der Waals surface area contributed by atoms with Crippen molar-refractivity contribution in [3.63, 3.8) is 0 Å². The monoisotopic (exact) mass is 374 g/mol. The van der Waals surface area contributed by atoms with Crippen LogP contribution < -0.4 is 10.0 Å². The Morgan fingerprint density at radius 1 is 1.56 bits per heavy atom. The van der Waals surface area contributed by atoms with Crippen molar-refractivity contribution >= 4 is 49.7 Å². The van der Waals surface area contributed by atoms with Crippen molar-refractivity contribution in [3.05, 3.63) is 15.4 Å². The van der Waals surface area contributed by atoms with E-state index in [1.807, 2.05) is 6.92 Å². The molecule has 0 spiro atoms. The zero-order valence-electron chi connectivity index (χ0n) is 9.90. The number of piperidine rings is 1. The molecule has 2 heterocycles. The lowest BCUT2D eigenvalue weighted by atomic mass is 10.1. The first-order chi connectivity index (χ1) is 7.99. The average Bonchev–Trinajstić information content (AvgIpc) is 2.61. The fourth-order valence-corrected chi connectivity index (χ4v) is 5.31. The van der Waals surface area contributed by atoms with Crippen LogP contribution in [0.15, 0.2) is 14.1 Å². The van der Waals surface area contributed by atoms with Crippen LogP contribution in [0.25, 0.3) is 0 Å². The summed E-state index contributed by atoms with van der Waals surface area (Å²) in [5.74, 6) is 0. The molecule has 1 aliphatic heterocycles. The summed E-state index contributed by atoms with van der Waals surface area (Å²) >= 11 is 4.60. The highest BCUT2D eigenvalue weighted by molar-refractivity contribution is 9.11. The van der Waals surface area contributed by atoms with Crippen molar-refractivity contribution in [1.29, 1.82) is 0 Å². The Balaban J connectivity index is 0.00000162. The van der Waals surface area contributed by atoms with Gasteiger partial charge in [0.1, 0.15) is 4.21 Å². The van der Waals surface area contributed by atoms with E-state index in [0.717, 1.165) is 28.7 Å². The van der Waals surface area contributed by atoms with E-state index < -0.39 is 10.0 Å². The molecule has 0 bridgehead atoms. The molecule has 2 rings (SSSR count). The van der Waals surface area contributed by atoms with Crippen molar-refractivity contribution in [1.82, 2.24) is 10.0 Å². The van der Waals surface area contributed by atoms with Gasteiger partial charge in [-0.15, -0.1) is 23.7 Å². The van der Waals surface area contributed by atoms with Gasteiger partial charge in [-0.25, -0.2) is 13.1 Å². The average molecular weight is 376 g/mol. The number of halogens is 2. The molecule has 0 unspecified atom stereocenters. The van der Waals surface area contributed by atoms with Crippen LogP contribution in [0.4, 0.5) is 0 Å². The number of nitrogens with one attached hydrogen (secondary N) is 2. The van der Waals surface area contributed by atoms with Gasteiger partial charge < -0.3 is 5.32 Å². The Bertz CT molecular complexity index is 478. The molecule has 1 atom stereocenters. The Morgan fingerprint density at radius 2 is 2.28 bits per heavy atom. The van der Waals surface area contributed by atoms with Crippen LogP contribution in [-0.4, -0.2) is 27.5 Å². The van der Waals surface area contributed by atoms with Gasteiger partial charge in [0, 0.05) is 12.6 Å². The molecule has 1 aromatic heterocycles. The number of hydrogen-bond acceptors (Lipinski definition) is 4.